The number of hydrogen-bond acceptors (Lipinski definition) is 5. The molecule has 0 saturated carbocycles. The zero-order valence-electron chi connectivity index (χ0n) is 25.5. The molecular weight excluding hydrogens is 562 g/mol. The monoisotopic (exact) mass is 597 g/mol. The van der Waals surface area contributed by atoms with Crippen molar-refractivity contribution in [3.63, 3.8) is 0 Å². The van der Waals surface area contributed by atoms with Crippen molar-refractivity contribution in [1.82, 2.24) is 9.80 Å². The third kappa shape index (κ3) is 5.14. The van der Waals surface area contributed by atoms with Gasteiger partial charge in [0.15, 0.2) is 5.54 Å². The predicted molar refractivity (Wildman–Crippen MR) is 177 cm³/mol. The molecule has 1 saturated heterocycles. The average molecular weight is 598 g/mol. The minimum atomic E-state index is -1.42. The molecule has 0 radical (unpaired) electrons. The third-order valence-electron chi connectivity index (χ3n) is 8.47. The fourth-order valence-electron chi connectivity index (χ4n) is 6.18. The second kappa shape index (κ2) is 11.8. The highest BCUT2D eigenvalue weighted by molar-refractivity contribution is 6.09. The lowest BCUT2D eigenvalue weighted by atomic mass is 9.81. The molecule has 8 nitrogen and oxygen atoms in total. The molecule has 1 fully saturated rings. The molecule has 0 aromatic heterocycles. The van der Waals surface area contributed by atoms with Gasteiger partial charge < -0.3 is 15.4 Å². The Labute approximate surface area is 262 Å². The normalized spacial score (nSPS) is 14.2. The number of hydrogen-bond donors (Lipinski definition) is 2. The molecule has 8 heteroatoms. The number of nitrogens with two attached hydrogens (primary N) is 1. The Bertz CT molecular complexity index is 1870. The quantitative estimate of drug-likeness (QED) is 0.121. The number of amides is 3. The molecular formula is C37H35N5O3. The van der Waals surface area contributed by atoms with Crippen LogP contribution in [0, 0.1) is 5.41 Å². The van der Waals surface area contributed by atoms with Crippen molar-refractivity contribution in [1.29, 1.82) is 5.41 Å². The van der Waals surface area contributed by atoms with Crippen LogP contribution < -0.4 is 15.4 Å². The maximum Gasteiger partial charge on any atom is 0.328 e. The number of nitrogen functional groups attached to an aromatic ring is 1. The van der Waals surface area contributed by atoms with Gasteiger partial charge in [0.05, 0.1) is 20.2 Å². The second-order valence-electron chi connectivity index (χ2n) is 11.4. The van der Waals surface area contributed by atoms with E-state index in [0.29, 0.717) is 22.4 Å². The first kappa shape index (κ1) is 29.4. The number of methoxy groups -OCH3 is 1. The first-order chi connectivity index (χ1) is 21.7. The highest BCUT2D eigenvalue weighted by Gasteiger charge is 2.59. The number of urea groups is 1. The number of carbonyl (C=O) groups is 2. The highest BCUT2D eigenvalue weighted by Crippen LogP contribution is 2.45. The molecule has 5 aromatic carbocycles. The van der Waals surface area contributed by atoms with Crippen LogP contribution in [-0.2, 0) is 23.4 Å². The van der Waals surface area contributed by atoms with Crippen molar-refractivity contribution in [2.75, 3.05) is 26.1 Å². The van der Waals surface area contributed by atoms with Crippen LogP contribution in [0.3, 0.4) is 0 Å². The standard InChI is InChI=1S/C37H35N5O3/c1-40(2)32-18-19-33(45-3)29(22-32)24-42-36(44)41(23-25-14-15-26-16-17-27(34(38)39)21-28(26)20-25)35(43)37(42,30-10-6-4-7-11-30)31-12-8-5-9-13-31/h4-22H,23-24H2,1-3H3,(H3,38,39). The summed E-state index contributed by atoms with van der Waals surface area (Å²) in [6, 6.07) is 35.8. The largest absolute Gasteiger partial charge is 0.496 e. The van der Waals surface area contributed by atoms with Crippen LogP contribution in [0.2, 0.25) is 0 Å². The van der Waals surface area contributed by atoms with Gasteiger partial charge in [0.25, 0.3) is 5.91 Å². The summed E-state index contributed by atoms with van der Waals surface area (Å²) < 4.78 is 5.74. The van der Waals surface area contributed by atoms with Gasteiger partial charge in [-0.05, 0) is 57.8 Å². The lowest BCUT2D eigenvalue weighted by molar-refractivity contribution is -0.132. The van der Waals surface area contributed by atoms with Crippen LogP contribution in [-0.4, -0.2) is 48.8 Å². The first-order valence-corrected chi connectivity index (χ1v) is 14.7. The van der Waals surface area contributed by atoms with E-state index in [4.69, 9.17) is 15.9 Å². The van der Waals surface area contributed by atoms with Crippen LogP contribution in [0.1, 0.15) is 27.8 Å². The predicted octanol–water partition coefficient (Wildman–Crippen LogP) is 6.11. The van der Waals surface area contributed by atoms with E-state index < -0.39 is 11.6 Å². The number of nitrogens with one attached hydrogen (secondary N) is 1. The van der Waals surface area contributed by atoms with E-state index in [-0.39, 0.29) is 24.8 Å². The van der Waals surface area contributed by atoms with Crippen LogP contribution in [0.25, 0.3) is 10.8 Å². The third-order valence-corrected chi connectivity index (χ3v) is 8.47. The zero-order chi connectivity index (χ0) is 31.7. The first-order valence-electron chi connectivity index (χ1n) is 14.7. The Balaban J connectivity index is 1.51. The molecule has 226 valence electrons. The number of ether oxygens (including phenoxy) is 1. The van der Waals surface area contributed by atoms with Crippen LogP contribution in [0.15, 0.2) is 115 Å². The minimum Gasteiger partial charge on any atom is -0.496 e. The van der Waals surface area contributed by atoms with E-state index in [1.54, 1.807) is 12.0 Å². The van der Waals surface area contributed by atoms with E-state index >= 15 is 0 Å². The lowest BCUT2D eigenvalue weighted by Gasteiger charge is -2.36. The minimum absolute atomic E-state index is 0.0212. The summed E-state index contributed by atoms with van der Waals surface area (Å²) in [7, 11) is 5.52. The molecule has 5 aromatic rings. The molecule has 3 N–H and O–H groups in total. The number of benzene rings is 5. The van der Waals surface area contributed by atoms with E-state index in [2.05, 4.69) is 0 Å². The van der Waals surface area contributed by atoms with Crippen LogP contribution >= 0.6 is 0 Å². The zero-order valence-corrected chi connectivity index (χ0v) is 25.5. The van der Waals surface area contributed by atoms with Crippen molar-refractivity contribution in [2.45, 2.75) is 18.6 Å². The fourth-order valence-corrected chi connectivity index (χ4v) is 6.18. The van der Waals surface area contributed by atoms with Gasteiger partial charge in [0.1, 0.15) is 11.6 Å². The summed E-state index contributed by atoms with van der Waals surface area (Å²) in [5.74, 6) is 0.280. The molecule has 1 heterocycles. The SMILES string of the molecule is COc1ccc(N(C)C)cc1CN1C(=O)N(Cc2ccc3ccc(C(=N)N)cc3c2)C(=O)C1(c1ccccc1)c1ccccc1. The Morgan fingerprint density at radius 3 is 2.04 bits per heavy atom. The van der Waals surface area contributed by atoms with Gasteiger partial charge in [0.2, 0.25) is 0 Å². The van der Waals surface area contributed by atoms with E-state index in [9.17, 15) is 9.59 Å². The number of rotatable bonds is 9. The van der Waals surface area contributed by atoms with Gasteiger partial charge in [0, 0.05) is 30.9 Å². The summed E-state index contributed by atoms with van der Waals surface area (Å²) in [4.78, 5) is 34.6. The summed E-state index contributed by atoms with van der Waals surface area (Å²) in [5, 5.41) is 9.69. The Hall–Kier alpha value is -5.63. The highest BCUT2D eigenvalue weighted by atomic mass is 16.5. The Kier molecular flexibility index (Phi) is 7.72. The summed E-state index contributed by atoms with van der Waals surface area (Å²) in [6.45, 7) is 0.208. The second-order valence-corrected chi connectivity index (χ2v) is 11.4. The van der Waals surface area contributed by atoms with Crippen molar-refractivity contribution in [2.24, 2.45) is 5.73 Å². The summed E-state index contributed by atoms with van der Waals surface area (Å²) in [6.07, 6.45) is 0. The molecule has 3 amide bonds. The molecule has 0 atom stereocenters. The van der Waals surface area contributed by atoms with Gasteiger partial charge in [-0.1, -0.05) is 84.9 Å². The maximum atomic E-state index is 15.0. The average Bonchev–Trinajstić information content (AvgIpc) is 3.26. The van der Waals surface area contributed by atoms with Crippen molar-refractivity contribution < 1.29 is 14.3 Å². The molecule has 45 heavy (non-hydrogen) atoms. The van der Waals surface area contributed by atoms with Crippen molar-refractivity contribution >= 4 is 34.2 Å². The fraction of sp³-hybridized carbons (Fsp3) is 0.162. The number of amidine groups is 1. The Morgan fingerprint density at radius 1 is 0.800 bits per heavy atom. The summed E-state index contributed by atoms with van der Waals surface area (Å²) >= 11 is 0. The number of anilines is 1. The smallest absolute Gasteiger partial charge is 0.328 e. The number of fused-ring (bicyclic) bond motifs is 1. The summed E-state index contributed by atoms with van der Waals surface area (Å²) in [5.41, 5.74) is 8.85. The lowest BCUT2D eigenvalue weighted by Crippen LogP contribution is -2.47. The number of nitrogens with zero attached hydrogens (tertiary/aromatic N) is 3. The topological polar surface area (TPSA) is 103 Å². The van der Waals surface area contributed by atoms with Crippen molar-refractivity contribution in [3.8, 4) is 5.75 Å². The van der Waals surface area contributed by atoms with Gasteiger partial charge in [-0.2, -0.15) is 0 Å². The molecule has 0 spiro atoms. The molecule has 6 rings (SSSR count). The van der Waals surface area contributed by atoms with Gasteiger partial charge in [-0.25, -0.2) is 4.79 Å². The Morgan fingerprint density at radius 2 is 1.44 bits per heavy atom. The van der Waals surface area contributed by atoms with Gasteiger partial charge in [-0.15, -0.1) is 0 Å². The number of imide groups is 1. The molecule has 0 aliphatic carbocycles. The molecule has 1 aliphatic rings. The van der Waals surface area contributed by atoms with E-state index in [1.807, 2.05) is 134 Å². The van der Waals surface area contributed by atoms with Crippen molar-refractivity contribution in [3.05, 3.63) is 143 Å². The molecule has 0 unspecified atom stereocenters. The van der Waals surface area contributed by atoms with Crippen LogP contribution in [0.5, 0.6) is 5.75 Å². The molecule has 0 bridgehead atoms. The van der Waals surface area contributed by atoms with E-state index in [1.165, 1.54) is 4.90 Å². The van der Waals surface area contributed by atoms with Gasteiger partial charge in [-0.3, -0.25) is 20.0 Å². The van der Waals surface area contributed by atoms with Gasteiger partial charge >= 0.3 is 6.03 Å². The maximum absolute atomic E-state index is 15.0. The van der Waals surface area contributed by atoms with Crippen LogP contribution in [0.4, 0.5) is 10.5 Å². The molecule has 1 aliphatic heterocycles. The van der Waals surface area contributed by atoms with E-state index in [0.717, 1.165) is 27.6 Å². The number of carbonyl (C=O) groups excluding carboxylic acids is 2.